The number of nitrogens with zero attached hydrogens (tertiary/aromatic N) is 1. The van der Waals surface area contributed by atoms with Crippen LogP contribution >= 0.6 is 11.3 Å². The molecule has 0 saturated heterocycles. The second kappa shape index (κ2) is 5.43. The van der Waals surface area contributed by atoms with Crippen LogP contribution in [-0.2, 0) is 10.2 Å². The number of carbonyl (C=O) groups is 1. The maximum Gasteiger partial charge on any atom is 0.233 e. The molecule has 3 nitrogen and oxygen atoms in total. The van der Waals surface area contributed by atoms with Gasteiger partial charge >= 0.3 is 0 Å². The van der Waals surface area contributed by atoms with E-state index in [9.17, 15) is 4.79 Å². The van der Waals surface area contributed by atoms with Crippen LogP contribution in [-0.4, -0.2) is 30.4 Å². The molecular formula is C17H22N2OS. The Kier molecular flexibility index (Phi) is 3.76. The number of benzene rings is 1. The second-order valence-electron chi connectivity index (χ2n) is 5.76. The average Bonchev–Trinajstić information content (AvgIpc) is 3.08. The highest BCUT2D eigenvalue weighted by Crippen LogP contribution is 2.55. The number of amides is 1. The minimum absolute atomic E-state index is 0.248. The zero-order valence-corrected chi connectivity index (χ0v) is 13.5. The summed E-state index contributed by atoms with van der Waals surface area (Å²) in [5.41, 5.74) is 6.65. The summed E-state index contributed by atoms with van der Waals surface area (Å²) in [7, 11) is 0. The number of rotatable bonds is 5. The minimum atomic E-state index is -0.378. The van der Waals surface area contributed by atoms with Gasteiger partial charge in [-0.1, -0.05) is 6.07 Å². The van der Waals surface area contributed by atoms with Crippen molar-refractivity contribution in [2.24, 2.45) is 11.7 Å². The van der Waals surface area contributed by atoms with E-state index in [2.05, 4.69) is 29.6 Å². The SMILES string of the molecule is CCN(CC)C(=O)[C@@]1(c2ccc3sccc3c2)C[C@H]1CN. The molecule has 1 aliphatic carbocycles. The standard InChI is InChI=1S/C17H22N2OS/c1-3-19(4-2)16(20)17(10-14(17)11-18)13-5-6-15-12(9-13)7-8-21-15/h5-9,14H,3-4,10-11,18H2,1-2H3/t14-,17+/m0/s1. The van der Waals surface area contributed by atoms with Gasteiger partial charge in [-0.05, 0) is 67.3 Å². The molecule has 2 atom stereocenters. The van der Waals surface area contributed by atoms with Gasteiger partial charge in [-0.25, -0.2) is 0 Å². The highest BCUT2D eigenvalue weighted by molar-refractivity contribution is 7.17. The molecule has 0 unspecified atom stereocenters. The molecule has 112 valence electrons. The Hall–Kier alpha value is -1.39. The molecule has 0 bridgehead atoms. The van der Waals surface area contributed by atoms with Crippen molar-refractivity contribution in [2.45, 2.75) is 25.7 Å². The van der Waals surface area contributed by atoms with Crippen LogP contribution in [0, 0.1) is 5.92 Å². The van der Waals surface area contributed by atoms with Gasteiger partial charge < -0.3 is 10.6 Å². The molecule has 1 heterocycles. The first-order valence-electron chi connectivity index (χ1n) is 7.64. The van der Waals surface area contributed by atoms with Crippen LogP contribution < -0.4 is 5.73 Å². The molecule has 1 amide bonds. The van der Waals surface area contributed by atoms with Crippen molar-refractivity contribution < 1.29 is 4.79 Å². The first kappa shape index (κ1) is 14.5. The third-order valence-electron chi connectivity index (χ3n) is 4.79. The highest BCUT2D eigenvalue weighted by atomic mass is 32.1. The van der Waals surface area contributed by atoms with Crippen LogP contribution in [0.2, 0.25) is 0 Å². The molecule has 0 spiro atoms. The van der Waals surface area contributed by atoms with Gasteiger partial charge in [0.05, 0.1) is 5.41 Å². The number of hydrogen-bond donors (Lipinski definition) is 1. The predicted molar refractivity (Wildman–Crippen MR) is 88.6 cm³/mol. The fourth-order valence-electron chi connectivity index (χ4n) is 3.39. The van der Waals surface area contributed by atoms with E-state index in [0.717, 1.165) is 25.1 Å². The Morgan fingerprint density at radius 1 is 1.38 bits per heavy atom. The summed E-state index contributed by atoms with van der Waals surface area (Å²) in [6.45, 7) is 6.17. The van der Waals surface area contributed by atoms with Crippen molar-refractivity contribution in [3.8, 4) is 0 Å². The van der Waals surface area contributed by atoms with Crippen LogP contribution in [0.5, 0.6) is 0 Å². The van der Waals surface area contributed by atoms with Crippen molar-refractivity contribution in [1.29, 1.82) is 0 Å². The molecule has 21 heavy (non-hydrogen) atoms. The van der Waals surface area contributed by atoms with Crippen LogP contribution in [0.25, 0.3) is 10.1 Å². The summed E-state index contributed by atoms with van der Waals surface area (Å²) in [6, 6.07) is 8.57. The summed E-state index contributed by atoms with van der Waals surface area (Å²) in [4.78, 5) is 14.9. The maximum absolute atomic E-state index is 13.0. The summed E-state index contributed by atoms with van der Waals surface area (Å²) >= 11 is 1.74. The van der Waals surface area contributed by atoms with Gasteiger partial charge in [-0.3, -0.25) is 4.79 Å². The molecule has 0 radical (unpaired) electrons. The van der Waals surface area contributed by atoms with Crippen molar-refractivity contribution in [3.05, 3.63) is 35.2 Å². The first-order valence-corrected chi connectivity index (χ1v) is 8.52. The predicted octanol–water partition coefficient (Wildman–Crippen LogP) is 2.99. The van der Waals surface area contributed by atoms with E-state index in [1.807, 2.05) is 18.7 Å². The molecule has 1 aromatic carbocycles. The Morgan fingerprint density at radius 2 is 2.14 bits per heavy atom. The van der Waals surface area contributed by atoms with E-state index >= 15 is 0 Å². The summed E-state index contributed by atoms with van der Waals surface area (Å²) < 4.78 is 1.27. The van der Waals surface area contributed by atoms with Gasteiger partial charge in [-0.2, -0.15) is 0 Å². The molecular weight excluding hydrogens is 280 g/mol. The topological polar surface area (TPSA) is 46.3 Å². The number of hydrogen-bond acceptors (Lipinski definition) is 3. The molecule has 3 rings (SSSR count). The number of thiophene rings is 1. The van der Waals surface area contributed by atoms with Crippen LogP contribution in [0.4, 0.5) is 0 Å². The van der Waals surface area contributed by atoms with Crippen molar-refractivity contribution in [3.63, 3.8) is 0 Å². The van der Waals surface area contributed by atoms with Gasteiger partial charge in [0.2, 0.25) is 5.91 Å². The van der Waals surface area contributed by atoms with E-state index < -0.39 is 0 Å². The lowest BCUT2D eigenvalue weighted by Crippen LogP contribution is -2.40. The summed E-state index contributed by atoms with van der Waals surface area (Å²) in [6.07, 6.45) is 0.883. The van der Waals surface area contributed by atoms with Crippen molar-refractivity contribution in [2.75, 3.05) is 19.6 Å². The average molecular weight is 302 g/mol. The van der Waals surface area contributed by atoms with Gasteiger partial charge in [-0.15, -0.1) is 11.3 Å². The van der Waals surface area contributed by atoms with Gasteiger partial charge in [0.15, 0.2) is 0 Å². The van der Waals surface area contributed by atoms with Gasteiger partial charge in [0.25, 0.3) is 0 Å². The fraction of sp³-hybridized carbons (Fsp3) is 0.471. The van der Waals surface area contributed by atoms with Crippen LogP contribution in [0.15, 0.2) is 29.6 Å². The molecule has 1 aromatic heterocycles. The molecule has 4 heteroatoms. The quantitative estimate of drug-likeness (QED) is 0.923. The fourth-order valence-corrected chi connectivity index (χ4v) is 4.16. The normalized spacial score (nSPS) is 24.2. The smallest absolute Gasteiger partial charge is 0.233 e. The lowest BCUT2D eigenvalue weighted by Gasteiger charge is -2.26. The van der Waals surface area contributed by atoms with E-state index in [-0.39, 0.29) is 17.2 Å². The molecule has 2 aromatic rings. The first-order chi connectivity index (χ1) is 10.2. The van der Waals surface area contributed by atoms with Gasteiger partial charge in [0.1, 0.15) is 0 Å². The van der Waals surface area contributed by atoms with Gasteiger partial charge in [0, 0.05) is 17.8 Å². The molecule has 1 saturated carbocycles. The summed E-state index contributed by atoms with van der Waals surface area (Å²) in [5.74, 6) is 0.527. The highest BCUT2D eigenvalue weighted by Gasteiger charge is 2.61. The Morgan fingerprint density at radius 3 is 2.76 bits per heavy atom. The van der Waals surface area contributed by atoms with E-state index in [1.54, 1.807) is 11.3 Å². The molecule has 0 aliphatic heterocycles. The Balaban J connectivity index is 2.03. The lowest BCUT2D eigenvalue weighted by molar-refractivity contribution is -0.134. The third-order valence-corrected chi connectivity index (χ3v) is 5.69. The number of nitrogens with two attached hydrogens (primary N) is 1. The molecule has 2 N–H and O–H groups in total. The van der Waals surface area contributed by atoms with Crippen molar-refractivity contribution >= 4 is 27.3 Å². The zero-order chi connectivity index (χ0) is 15.0. The Bertz CT molecular complexity index is 662. The minimum Gasteiger partial charge on any atom is -0.342 e. The van der Waals surface area contributed by atoms with E-state index in [0.29, 0.717) is 6.54 Å². The maximum atomic E-state index is 13.0. The largest absolute Gasteiger partial charge is 0.342 e. The molecule has 1 fully saturated rings. The second-order valence-corrected chi connectivity index (χ2v) is 6.71. The number of likely N-dealkylation sites (N-methyl/N-ethyl adjacent to an activating group) is 1. The van der Waals surface area contributed by atoms with Crippen LogP contribution in [0.1, 0.15) is 25.8 Å². The van der Waals surface area contributed by atoms with E-state index in [4.69, 9.17) is 5.73 Å². The number of fused-ring (bicyclic) bond motifs is 1. The molecule has 1 aliphatic rings. The van der Waals surface area contributed by atoms with E-state index in [1.165, 1.54) is 10.1 Å². The van der Waals surface area contributed by atoms with Crippen molar-refractivity contribution in [1.82, 2.24) is 4.90 Å². The van der Waals surface area contributed by atoms with Crippen LogP contribution in [0.3, 0.4) is 0 Å². The third kappa shape index (κ3) is 2.17. The lowest BCUT2D eigenvalue weighted by atomic mass is 9.90. The summed E-state index contributed by atoms with van der Waals surface area (Å²) in [5, 5.41) is 3.33. The Labute approximate surface area is 129 Å². The number of carbonyl (C=O) groups excluding carboxylic acids is 1. The monoisotopic (exact) mass is 302 g/mol. The zero-order valence-electron chi connectivity index (χ0n) is 12.6.